The van der Waals surface area contributed by atoms with Crippen LogP contribution in [0, 0.1) is 6.92 Å². The molecule has 4 heteroatoms. The first-order chi connectivity index (χ1) is 7.25. The van der Waals surface area contributed by atoms with E-state index in [1.165, 1.54) is 11.3 Å². The maximum Gasteiger partial charge on any atom is 0.180 e. The van der Waals surface area contributed by atoms with Gasteiger partial charge in [-0.2, -0.15) is 0 Å². The third-order valence-electron chi connectivity index (χ3n) is 2.00. The molecule has 0 aliphatic rings. The summed E-state index contributed by atoms with van der Waals surface area (Å²) < 4.78 is 0. The van der Waals surface area contributed by atoms with Crippen molar-refractivity contribution in [2.45, 2.75) is 6.92 Å². The summed E-state index contributed by atoms with van der Waals surface area (Å²) in [5, 5.41) is 2.51. The molecule has 2 heterocycles. The summed E-state index contributed by atoms with van der Waals surface area (Å²) in [5.74, 6) is 0. The molecular weight excluding hydrogens is 206 g/mol. The van der Waals surface area contributed by atoms with Gasteiger partial charge in [0.25, 0.3) is 0 Å². The zero-order chi connectivity index (χ0) is 10.7. The molecule has 2 aromatic heterocycles. The molecule has 2 N–H and O–H groups in total. The lowest BCUT2D eigenvalue weighted by molar-refractivity contribution is 1.24. The normalized spacial score (nSPS) is 11.0. The fourth-order valence-corrected chi connectivity index (χ4v) is 1.74. The predicted molar refractivity (Wildman–Crippen MR) is 64.4 cm³/mol. The van der Waals surface area contributed by atoms with E-state index in [4.69, 9.17) is 5.73 Å². The summed E-state index contributed by atoms with van der Waals surface area (Å²) in [6.45, 7) is 2.03. The minimum absolute atomic E-state index is 0.590. The van der Waals surface area contributed by atoms with Crippen molar-refractivity contribution in [3.63, 3.8) is 0 Å². The van der Waals surface area contributed by atoms with Gasteiger partial charge in [0.2, 0.25) is 0 Å². The van der Waals surface area contributed by atoms with E-state index in [1.54, 1.807) is 6.20 Å². The Bertz CT molecular complexity index is 488. The van der Waals surface area contributed by atoms with Crippen LogP contribution in [0.25, 0.3) is 12.2 Å². The van der Waals surface area contributed by atoms with Crippen LogP contribution in [-0.4, -0.2) is 9.97 Å². The van der Waals surface area contributed by atoms with Gasteiger partial charge in [-0.1, -0.05) is 6.07 Å². The number of aromatic nitrogens is 2. The monoisotopic (exact) mass is 217 g/mol. The van der Waals surface area contributed by atoms with Crippen molar-refractivity contribution >= 4 is 28.6 Å². The Morgan fingerprint density at radius 3 is 2.93 bits per heavy atom. The molecule has 0 saturated carbocycles. The minimum Gasteiger partial charge on any atom is -0.375 e. The van der Waals surface area contributed by atoms with Gasteiger partial charge in [0, 0.05) is 11.6 Å². The lowest BCUT2D eigenvalue weighted by Gasteiger charge is -1.95. The largest absolute Gasteiger partial charge is 0.375 e. The second-order valence-electron chi connectivity index (χ2n) is 3.15. The van der Waals surface area contributed by atoms with Gasteiger partial charge in [-0.05, 0) is 30.7 Å². The molecule has 0 aliphatic heterocycles. The Balaban J connectivity index is 2.22. The third-order valence-corrected chi connectivity index (χ3v) is 2.69. The average molecular weight is 217 g/mol. The smallest absolute Gasteiger partial charge is 0.180 e. The van der Waals surface area contributed by atoms with E-state index >= 15 is 0 Å². The molecule has 0 saturated heterocycles. The second-order valence-corrected chi connectivity index (χ2v) is 4.04. The number of hydrogen-bond acceptors (Lipinski definition) is 4. The number of aryl methyl sites for hydroxylation is 1. The molecule has 0 unspecified atom stereocenters. The molecule has 0 bridgehead atoms. The molecule has 15 heavy (non-hydrogen) atoms. The lowest BCUT2D eigenvalue weighted by atomic mass is 10.2. The molecule has 3 nitrogen and oxygen atoms in total. The first kappa shape index (κ1) is 9.86. The van der Waals surface area contributed by atoms with Crippen LogP contribution < -0.4 is 5.73 Å². The number of anilines is 1. The van der Waals surface area contributed by atoms with E-state index in [1.807, 2.05) is 36.6 Å². The number of rotatable bonds is 2. The van der Waals surface area contributed by atoms with E-state index in [-0.39, 0.29) is 0 Å². The van der Waals surface area contributed by atoms with Gasteiger partial charge in [0.15, 0.2) is 5.13 Å². The molecule has 0 aliphatic carbocycles. The van der Waals surface area contributed by atoms with Gasteiger partial charge in [0.05, 0.1) is 11.4 Å². The van der Waals surface area contributed by atoms with Crippen LogP contribution in [0.3, 0.4) is 0 Å². The highest BCUT2D eigenvalue weighted by Gasteiger charge is 1.95. The Kier molecular flexibility index (Phi) is 2.78. The SMILES string of the molecule is Cc1cccnc1C=Cc1csc(N)n1. The first-order valence-electron chi connectivity index (χ1n) is 4.56. The van der Waals surface area contributed by atoms with Gasteiger partial charge in [-0.15, -0.1) is 11.3 Å². The van der Waals surface area contributed by atoms with Crippen LogP contribution in [0.15, 0.2) is 23.7 Å². The molecule has 0 aromatic carbocycles. The van der Waals surface area contributed by atoms with Gasteiger partial charge in [-0.25, -0.2) is 4.98 Å². The maximum atomic E-state index is 5.54. The summed E-state index contributed by atoms with van der Waals surface area (Å²) in [5.41, 5.74) is 8.52. The standard InChI is InChI=1S/C11H11N3S/c1-8-3-2-6-13-10(8)5-4-9-7-15-11(12)14-9/h2-7H,1H3,(H2,12,14). The number of hydrogen-bond donors (Lipinski definition) is 1. The number of thiazole rings is 1. The molecule has 0 atom stereocenters. The summed E-state index contributed by atoms with van der Waals surface area (Å²) in [4.78, 5) is 8.39. The van der Waals surface area contributed by atoms with Crippen LogP contribution in [0.2, 0.25) is 0 Å². The minimum atomic E-state index is 0.590. The molecule has 0 spiro atoms. The molecule has 0 amide bonds. The van der Waals surface area contributed by atoms with Crippen molar-refractivity contribution in [2.24, 2.45) is 0 Å². The van der Waals surface area contributed by atoms with E-state index in [0.29, 0.717) is 5.13 Å². The van der Waals surface area contributed by atoms with Crippen LogP contribution in [0.5, 0.6) is 0 Å². The van der Waals surface area contributed by atoms with E-state index in [2.05, 4.69) is 9.97 Å². The van der Waals surface area contributed by atoms with Crippen LogP contribution >= 0.6 is 11.3 Å². The molecule has 76 valence electrons. The van der Waals surface area contributed by atoms with Crippen molar-refractivity contribution in [1.82, 2.24) is 9.97 Å². The van der Waals surface area contributed by atoms with Crippen molar-refractivity contribution in [3.8, 4) is 0 Å². The Morgan fingerprint density at radius 2 is 2.27 bits per heavy atom. The van der Waals surface area contributed by atoms with Crippen LogP contribution in [-0.2, 0) is 0 Å². The van der Waals surface area contributed by atoms with Crippen molar-refractivity contribution in [3.05, 3.63) is 40.7 Å². The molecule has 0 fully saturated rings. The third kappa shape index (κ3) is 2.41. The summed E-state index contributed by atoms with van der Waals surface area (Å²) in [7, 11) is 0. The fraction of sp³-hybridized carbons (Fsp3) is 0.0909. The van der Waals surface area contributed by atoms with E-state index in [9.17, 15) is 0 Å². The van der Waals surface area contributed by atoms with Gasteiger partial charge in [0.1, 0.15) is 0 Å². The highest BCUT2D eigenvalue weighted by molar-refractivity contribution is 7.13. The predicted octanol–water partition coefficient (Wildman–Crippen LogP) is 2.60. The number of nitrogens with zero attached hydrogens (tertiary/aromatic N) is 2. The van der Waals surface area contributed by atoms with Crippen molar-refractivity contribution in [1.29, 1.82) is 0 Å². The Labute approximate surface area is 92.3 Å². The Morgan fingerprint density at radius 1 is 1.40 bits per heavy atom. The zero-order valence-corrected chi connectivity index (χ0v) is 9.16. The van der Waals surface area contributed by atoms with Crippen molar-refractivity contribution < 1.29 is 0 Å². The molecule has 2 rings (SSSR count). The molecular formula is C11H11N3S. The molecule has 2 aromatic rings. The zero-order valence-electron chi connectivity index (χ0n) is 8.34. The number of pyridine rings is 1. The summed E-state index contributed by atoms with van der Waals surface area (Å²) in [6, 6.07) is 3.95. The highest BCUT2D eigenvalue weighted by atomic mass is 32.1. The quantitative estimate of drug-likeness (QED) is 0.841. The maximum absolute atomic E-state index is 5.54. The topological polar surface area (TPSA) is 51.8 Å². The van der Waals surface area contributed by atoms with Gasteiger partial charge < -0.3 is 5.73 Å². The average Bonchev–Trinajstić information content (AvgIpc) is 2.63. The van der Waals surface area contributed by atoms with Crippen LogP contribution in [0.4, 0.5) is 5.13 Å². The van der Waals surface area contributed by atoms with E-state index in [0.717, 1.165) is 17.0 Å². The van der Waals surface area contributed by atoms with Crippen molar-refractivity contribution in [2.75, 3.05) is 5.73 Å². The van der Waals surface area contributed by atoms with E-state index < -0.39 is 0 Å². The van der Waals surface area contributed by atoms with Gasteiger partial charge in [-0.3, -0.25) is 4.98 Å². The number of nitrogen functional groups attached to an aromatic ring is 1. The molecule has 0 radical (unpaired) electrons. The summed E-state index contributed by atoms with van der Waals surface area (Å²) >= 11 is 1.44. The Hall–Kier alpha value is -1.68. The number of nitrogens with two attached hydrogens (primary N) is 1. The lowest BCUT2D eigenvalue weighted by Crippen LogP contribution is -1.84. The highest BCUT2D eigenvalue weighted by Crippen LogP contribution is 2.14. The fourth-order valence-electron chi connectivity index (χ4n) is 1.21. The van der Waals surface area contributed by atoms with Crippen LogP contribution in [0.1, 0.15) is 17.0 Å². The summed E-state index contributed by atoms with van der Waals surface area (Å²) in [6.07, 6.45) is 5.65. The van der Waals surface area contributed by atoms with Gasteiger partial charge >= 0.3 is 0 Å². The second kappa shape index (κ2) is 4.23. The first-order valence-corrected chi connectivity index (χ1v) is 5.44.